The van der Waals surface area contributed by atoms with Crippen LogP contribution in [0.5, 0.6) is 0 Å². The van der Waals surface area contributed by atoms with Crippen LogP contribution in [0.3, 0.4) is 0 Å². The molecule has 1 saturated heterocycles. The van der Waals surface area contributed by atoms with E-state index in [4.69, 9.17) is 0 Å². The van der Waals surface area contributed by atoms with Gasteiger partial charge in [-0.05, 0) is 47.1 Å². The molecule has 1 amide bonds. The summed E-state index contributed by atoms with van der Waals surface area (Å²) in [6, 6.07) is 4.54. The van der Waals surface area contributed by atoms with Crippen molar-refractivity contribution in [2.24, 2.45) is 5.92 Å². The van der Waals surface area contributed by atoms with Crippen molar-refractivity contribution in [1.82, 2.24) is 5.32 Å². The molecule has 1 heterocycles. The molecule has 0 bridgehead atoms. The molecule has 1 fully saturated rings. The first kappa shape index (κ1) is 13.0. The molecule has 1 aliphatic heterocycles. The van der Waals surface area contributed by atoms with Gasteiger partial charge in [0.15, 0.2) is 0 Å². The number of nitro benzene ring substituents is 1. The third-order valence-electron chi connectivity index (χ3n) is 2.77. The van der Waals surface area contributed by atoms with Crippen LogP contribution >= 0.6 is 15.9 Å². The van der Waals surface area contributed by atoms with Gasteiger partial charge in [0, 0.05) is 18.2 Å². The molecule has 0 atom stereocenters. The molecule has 7 heteroatoms. The fourth-order valence-electron chi connectivity index (χ4n) is 1.70. The topological polar surface area (TPSA) is 84.3 Å². The fraction of sp³-hybridized carbons (Fsp3) is 0.364. The van der Waals surface area contributed by atoms with E-state index < -0.39 is 4.92 Å². The number of hydrogen-bond donors (Lipinski definition) is 2. The molecule has 6 nitrogen and oxygen atoms in total. The normalized spacial score (nSPS) is 14.9. The number of hydrogen-bond acceptors (Lipinski definition) is 4. The molecule has 0 aliphatic carbocycles. The average Bonchev–Trinajstić information content (AvgIpc) is 2.26. The Labute approximate surface area is 112 Å². The van der Waals surface area contributed by atoms with Crippen LogP contribution in [0.15, 0.2) is 22.7 Å². The maximum atomic E-state index is 11.7. The number of halogens is 1. The third kappa shape index (κ3) is 3.05. The Hall–Kier alpha value is -1.47. The van der Waals surface area contributed by atoms with Crippen LogP contribution in [0.4, 0.5) is 11.4 Å². The van der Waals surface area contributed by atoms with Gasteiger partial charge in [-0.3, -0.25) is 14.9 Å². The molecule has 1 aromatic rings. The fourth-order valence-corrected chi connectivity index (χ4v) is 2.09. The minimum absolute atomic E-state index is 0.0573. The lowest BCUT2D eigenvalue weighted by Crippen LogP contribution is -2.43. The zero-order valence-electron chi connectivity index (χ0n) is 9.48. The molecule has 18 heavy (non-hydrogen) atoms. The van der Waals surface area contributed by atoms with Crippen molar-refractivity contribution in [3.63, 3.8) is 0 Å². The quantitative estimate of drug-likeness (QED) is 0.657. The van der Waals surface area contributed by atoms with Gasteiger partial charge in [-0.25, -0.2) is 0 Å². The number of carbonyl (C=O) groups excluding carboxylic acids is 1. The second-order valence-electron chi connectivity index (χ2n) is 4.20. The first-order chi connectivity index (χ1) is 8.56. The summed E-state index contributed by atoms with van der Waals surface area (Å²) in [7, 11) is 0. The first-order valence-electron chi connectivity index (χ1n) is 5.51. The standard InChI is InChI=1S/C11H12BrN3O3/c12-9-2-1-8(4-10(9)15(17)18)14-11(16)3-7-5-13-6-7/h1-2,4,7,13H,3,5-6H2,(H,14,16). The van der Waals surface area contributed by atoms with Gasteiger partial charge in [-0.2, -0.15) is 0 Å². The Balaban J connectivity index is 2.02. The van der Waals surface area contributed by atoms with Gasteiger partial charge < -0.3 is 10.6 Å². The molecule has 0 aromatic heterocycles. The van der Waals surface area contributed by atoms with Crippen LogP contribution < -0.4 is 10.6 Å². The molecule has 0 saturated carbocycles. The molecule has 0 spiro atoms. The Morgan fingerprint density at radius 3 is 2.83 bits per heavy atom. The lowest BCUT2D eigenvalue weighted by molar-refractivity contribution is -0.385. The predicted molar refractivity (Wildman–Crippen MR) is 70.4 cm³/mol. The summed E-state index contributed by atoms with van der Waals surface area (Å²) in [4.78, 5) is 21.9. The Morgan fingerprint density at radius 2 is 2.28 bits per heavy atom. The maximum absolute atomic E-state index is 11.7. The Bertz CT molecular complexity index is 488. The van der Waals surface area contributed by atoms with Crippen LogP contribution in [-0.4, -0.2) is 23.9 Å². The Kier molecular flexibility index (Phi) is 3.93. The number of nitro groups is 1. The highest BCUT2D eigenvalue weighted by Gasteiger charge is 2.20. The molecule has 1 aliphatic rings. The monoisotopic (exact) mass is 313 g/mol. The number of carbonyl (C=O) groups is 1. The number of anilines is 1. The molecule has 0 unspecified atom stereocenters. The summed E-state index contributed by atoms with van der Waals surface area (Å²) in [6.45, 7) is 1.71. The lowest BCUT2D eigenvalue weighted by atomic mass is 9.99. The van der Waals surface area contributed by atoms with Gasteiger partial charge in [0.05, 0.1) is 9.40 Å². The number of nitrogens with one attached hydrogen (secondary N) is 2. The number of amides is 1. The van der Waals surface area contributed by atoms with E-state index in [0.717, 1.165) is 13.1 Å². The molecular formula is C11H12BrN3O3. The van der Waals surface area contributed by atoms with Gasteiger partial charge in [0.2, 0.25) is 5.91 Å². The summed E-state index contributed by atoms with van der Waals surface area (Å²) < 4.78 is 0.397. The second kappa shape index (κ2) is 5.45. The zero-order valence-corrected chi connectivity index (χ0v) is 11.1. The van der Waals surface area contributed by atoms with Crippen molar-refractivity contribution in [2.75, 3.05) is 18.4 Å². The van der Waals surface area contributed by atoms with Gasteiger partial charge in [-0.1, -0.05) is 0 Å². The average molecular weight is 314 g/mol. The summed E-state index contributed by atoms with van der Waals surface area (Å²) in [5.74, 6) is 0.258. The van der Waals surface area contributed by atoms with Crippen molar-refractivity contribution in [2.45, 2.75) is 6.42 Å². The van der Waals surface area contributed by atoms with E-state index in [-0.39, 0.29) is 11.6 Å². The molecule has 96 valence electrons. The van der Waals surface area contributed by atoms with E-state index in [0.29, 0.717) is 22.5 Å². The third-order valence-corrected chi connectivity index (χ3v) is 3.44. The summed E-state index contributed by atoms with van der Waals surface area (Å²) in [5, 5.41) is 16.5. The van der Waals surface area contributed by atoms with Crippen molar-refractivity contribution in [3.05, 3.63) is 32.8 Å². The molecule has 2 rings (SSSR count). The van der Waals surface area contributed by atoms with Crippen LogP contribution in [0.1, 0.15) is 6.42 Å². The van der Waals surface area contributed by atoms with Crippen LogP contribution in [-0.2, 0) is 4.79 Å². The van der Waals surface area contributed by atoms with E-state index >= 15 is 0 Å². The predicted octanol–water partition coefficient (Wildman–Crippen LogP) is 1.91. The Morgan fingerprint density at radius 1 is 1.56 bits per heavy atom. The van der Waals surface area contributed by atoms with E-state index in [1.165, 1.54) is 6.07 Å². The number of benzene rings is 1. The molecule has 2 N–H and O–H groups in total. The SMILES string of the molecule is O=C(CC1CNC1)Nc1ccc(Br)c([N+](=O)[O-])c1. The van der Waals surface area contributed by atoms with Gasteiger partial charge >= 0.3 is 0 Å². The highest BCUT2D eigenvalue weighted by Crippen LogP contribution is 2.28. The van der Waals surface area contributed by atoms with Crippen molar-refractivity contribution in [1.29, 1.82) is 0 Å². The highest BCUT2D eigenvalue weighted by molar-refractivity contribution is 9.10. The summed E-state index contributed by atoms with van der Waals surface area (Å²) in [6.07, 6.45) is 0.441. The molecular weight excluding hydrogens is 302 g/mol. The summed E-state index contributed by atoms with van der Waals surface area (Å²) in [5.41, 5.74) is 0.389. The molecule has 1 aromatic carbocycles. The second-order valence-corrected chi connectivity index (χ2v) is 5.05. The van der Waals surface area contributed by atoms with Gasteiger partial charge in [0.1, 0.15) is 0 Å². The minimum Gasteiger partial charge on any atom is -0.326 e. The lowest BCUT2D eigenvalue weighted by Gasteiger charge is -2.26. The van der Waals surface area contributed by atoms with Gasteiger partial charge in [-0.15, -0.1) is 0 Å². The van der Waals surface area contributed by atoms with Crippen LogP contribution in [0.2, 0.25) is 0 Å². The zero-order chi connectivity index (χ0) is 13.1. The first-order valence-corrected chi connectivity index (χ1v) is 6.30. The van der Waals surface area contributed by atoms with E-state index in [1.54, 1.807) is 12.1 Å². The van der Waals surface area contributed by atoms with Crippen LogP contribution in [0.25, 0.3) is 0 Å². The largest absolute Gasteiger partial charge is 0.326 e. The van der Waals surface area contributed by atoms with E-state index in [1.807, 2.05) is 0 Å². The van der Waals surface area contributed by atoms with Crippen molar-refractivity contribution >= 4 is 33.2 Å². The van der Waals surface area contributed by atoms with Crippen LogP contribution in [0, 0.1) is 16.0 Å². The number of rotatable bonds is 4. The number of nitrogens with zero attached hydrogens (tertiary/aromatic N) is 1. The minimum atomic E-state index is -0.490. The molecule has 0 radical (unpaired) electrons. The van der Waals surface area contributed by atoms with Crippen molar-refractivity contribution < 1.29 is 9.72 Å². The smallest absolute Gasteiger partial charge is 0.285 e. The van der Waals surface area contributed by atoms with E-state index in [2.05, 4.69) is 26.6 Å². The van der Waals surface area contributed by atoms with Crippen molar-refractivity contribution in [3.8, 4) is 0 Å². The maximum Gasteiger partial charge on any atom is 0.285 e. The highest BCUT2D eigenvalue weighted by atomic mass is 79.9. The summed E-state index contributed by atoms with van der Waals surface area (Å²) >= 11 is 3.10. The van der Waals surface area contributed by atoms with Gasteiger partial charge in [0.25, 0.3) is 5.69 Å². The van der Waals surface area contributed by atoms with E-state index in [9.17, 15) is 14.9 Å².